The van der Waals surface area contributed by atoms with Crippen LogP contribution in [0.3, 0.4) is 0 Å². The molecule has 520 valence electrons. The third-order valence-corrected chi connectivity index (χ3v) is 15.8. The van der Waals surface area contributed by atoms with E-state index in [1.807, 2.05) is 0 Å². The van der Waals surface area contributed by atoms with Gasteiger partial charge in [-0.2, -0.15) is 0 Å². The normalized spacial score (nSPS) is 14.9. The molecular formula is C64H123N15O11. The molecular weight excluding hydrogens is 1150 g/mol. The Labute approximate surface area is 538 Å². The van der Waals surface area contributed by atoms with E-state index in [4.69, 9.17) is 28.7 Å². The van der Waals surface area contributed by atoms with Gasteiger partial charge >= 0.3 is 0 Å². The quantitative estimate of drug-likeness (QED) is 0.0387. The maximum atomic E-state index is 14.3. The van der Waals surface area contributed by atoms with Crippen LogP contribution in [0.4, 0.5) is 0 Å². The van der Waals surface area contributed by atoms with E-state index in [2.05, 4.69) is 60.1 Å². The minimum absolute atomic E-state index is 0.121. The number of hydrogen-bond acceptors (Lipinski definition) is 15. The summed E-state index contributed by atoms with van der Waals surface area (Å²) < 4.78 is 0. The third-order valence-electron chi connectivity index (χ3n) is 15.8. The molecule has 0 heterocycles. The number of unbranched alkanes of at least 4 members (excludes halogenated alkanes) is 12. The summed E-state index contributed by atoms with van der Waals surface area (Å²) in [6, 6.07) is -11.8. The molecule has 0 aliphatic heterocycles. The predicted octanol–water partition coefficient (Wildman–Crippen LogP) is 1.91. The van der Waals surface area contributed by atoms with Crippen LogP contribution in [0, 0.1) is 35.5 Å². The summed E-state index contributed by atoms with van der Waals surface area (Å²) in [6.07, 6.45) is 14.9. The molecule has 0 aromatic rings. The number of hydrogen-bond donors (Lipinski definition) is 15. The van der Waals surface area contributed by atoms with Gasteiger partial charge in [-0.1, -0.05) is 148 Å². The van der Waals surface area contributed by atoms with Crippen molar-refractivity contribution in [3.05, 3.63) is 0 Å². The molecule has 0 aliphatic carbocycles. The van der Waals surface area contributed by atoms with Crippen LogP contribution in [-0.2, 0) is 52.7 Å². The van der Waals surface area contributed by atoms with Crippen molar-refractivity contribution >= 4 is 65.0 Å². The average molecular weight is 1280 g/mol. The molecule has 0 rings (SSSR count). The Hall–Kier alpha value is -5.99. The Bertz CT molecular complexity index is 2180. The second-order valence-corrected chi connectivity index (χ2v) is 26.2. The summed E-state index contributed by atoms with van der Waals surface area (Å²) >= 11 is 0. The smallest absolute Gasteiger partial charge is 0.243 e. The highest BCUT2D eigenvalue weighted by atomic mass is 16.2. The topological polar surface area (TPSA) is 438 Å². The maximum absolute atomic E-state index is 14.3. The highest BCUT2D eigenvalue weighted by Crippen LogP contribution is 2.16. The van der Waals surface area contributed by atoms with Crippen LogP contribution in [0.25, 0.3) is 0 Å². The Morgan fingerprint density at radius 1 is 0.311 bits per heavy atom. The van der Waals surface area contributed by atoms with Gasteiger partial charge in [-0.05, 0) is 119 Å². The maximum Gasteiger partial charge on any atom is 0.243 e. The zero-order valence-electron chi connectivity index (χ0n) is 57.1. The lowest BCUT2D eigenvalue weighted by Gasteiger charge is -2.32. The lowest BCUT2D eigenvalue weighted by Crippen LogP contribution is -2.63. The predicted molar refractivity (Wildman–Crippen MR) is 352 cm³/mol. The van der Waals surface area contributed by atoms with Crippen molar-refractivity contribution in [2.75, 3.05) is 26.2 Å². The third kappa shape index (κ3) is 33.9. The first kappa shape index (κ1) is 84.0. The van der Waals surface area contributed by atoms with Gasteiger partial charge in [0.1, 0.15) is 54.4 Å². The van der Waals surface area contributed by atoms with Crippen LogP contribution < -0.4 is 81.8 Å². The molecule has 26 heteroatoms. The molecule has 0 unspecified atom stereocenters. The van der Waals surface area contributed by atoms with E-state index in [9.17, 15) is 52.7 Å². The van der Waals surface area contributed by atoms with Gasteiger partial charge in [-0.25, -0.2) is 0 Å². The highest BCUT2D eigenvalue weighted by Gasteiger charge is 2.39. The molecule has 0 bridgehead atoms. The number of nitrogens with two attached hydrogens (primary N) is 5. The van der Waals surface area contributed by atoms with Crippen LogP contribution in [0.1, 0.15) is 218 Å². The largest absolute Gasteiger partial charge is 0.368 e. The summed E-state index contributed by atoms with van der Waals surface area (Å²) in [7, 11) is 0. The second-order valence-electron chi connectivity index (χ2n) is 26.2. The van der Waals surface area contributed by atoms with E-state index >= 15 is 0 Å². The molecule has 0 radical (unpaired) electrons. The lowest BCUT2D eigenvalue weighted by atomic mass is 9.96. The van der Waals surface area contributed by atoms with Gasteiger partial charge in [0.05, 0.1) is 12.5 Å². The van der Waals surface area contributed by atoms with Crippen molar-refractivity contribution in [3.63, 3.8) is 0 Å². The van der Waals surface area contributed by atoms with Gasteiger partial charge in [0.25, 0.3) is 0 Å². The van der Waals surface area contributed by atoms with E-state index < -0.39 is 155 Å². The molecule has 11 amide bonds. The lowest BCUT2D eigenvalue weighted by molar-refractivity contribution is -0.138. The first-order valence-electron chi connectivity index (χ1n) is 33.6. The average Bonchev–Trinajstić information content (AvgIpc) is 1.27. The van der Waals surface area contributed by atoms with E-state index in [0.717, 1.165) is 25.7 Å². The van der Waals surface area contributed by atoms with Crippen LogP contribution in [-0.4, -0.2) is 152 Å². The minimum Gasteiger partial charge on any atom is -0.368 e. The van der Waals surface area contributed by atoms with E-state index in [-0.39, 0.29) is 31.6 Å². The molecule has 90 heavy (non-hydrogen) atoms. The van der Waals surface area contributed by atoms with Gasteiger partial charge in [-0.3, -0.25) is 52.7 Å². The molecule has 10 atom stereocenters. The van der Waals surface area contributed by atoms with Crippen molar-refractivity contribution in [1.29, 1.82) is 0 Å². The van der Waals surface area contributed by atoms with Crippen LogP contribution in [0.2, 0.25) is 0 Å². The number of primary amides is 1. The van der Waals surface area contributed by atoms with Gasteiger partial charge in [-0.15, -0.1) is 0 Å². The summed E-state index contributed by atoms with van der Waals surface area (Å²) in [5.74, 6) is -10.6. The molecule has 0 saturated heterocycles. The summed E-state index contributed by atoms with van der Waals surface area (Å²) in [6.45, 7) is 24.0. The fourth-order valence-corrected chi connectivity index (χ4v) is 10.00. The SMILES string of the molecule is CCCCCCCCCCCCNC(=O)C[C@H](N)C(=O)N[C@H](C(=O)N[C@H](C(=O)N[C@H](C(=O)N[C@H](C(=O)N[C@H](C(=O)N[C@H](C(=O)N[C@@H](CCCCN)C(=O)N[C@@H](CCCCN)C(=O)N[C@@H](CCCCN)C(N)=O)C(C)C)C(C)C)C(C)C)C(C)C)C(C)C)C(C)C. The van der Waals surface area contributed by atoms with Crippen LogP contribution in [0.5, 0.6) is 0 Å². The van der Waals surface area contributed by atoms with E-state index in [0.29, 0.717) is 64.7 Å². The first-order chi connectivity index (χ1) is 42.4. The Kier molecular flexibility index (Phi) is 43.9. The number of carbonyl (C=O) groups excluding carboxylic acids is 11. The van der Waals surface area contributed by atoms with Gasteiger partial charge < -0.3 is 81.8 Å². The number of rotatable bonds is 50. The summed E-state index contributed by atoms with van der Waals surface area (Å²) in [5.41, 5.74) is 28.9. The van der Waals surface area contributed by atoms with Crippen molar-refractivity contribution < 1.29 is 52.7 Å². The van der Waals surface area contributed by atoms with Crippen LogP contribution >= 0.6 is 0 Å². The van der Waals surface area contributed by atoms with Crippen LogP contribution in [0.15, 0.2) is 0 Å². The number of nitrogens with one attached hydrogen (secondary N) is 10. The fraction of sp³-hybridized carbons (Fsp3) is 0.828. The highest BCUT2D eigenvalue weighted by molar-refractivity contribution is 5.99. The van der Waals surface area contributed by atoms with E-state index in [1.54, 1.807) is 83.1 Å². The minimum atomic E-state index is -1.24. The molecule has 20 N–H and O–H groups in total. The molecule has 0 spiro atoms. The van der Waals surface area contributed by atoms with Crippen molar-refractivity contribution in [3.8, 4) is 0 Å². The standard InChI is InChI=1S/C64H123N15O11/c1-14-15-16-17-18-19-20-21-22-29-36-70-48(80)37-44(68)56(82)74-50(39(4)5)60(86)76-52(41(8)9)62(88)78-54(43(12)13)64(90)79-53(42(10)11)63(89)77-51(40(6)7)61(87)75-49(38(2)3)59(85)73-47(32-25-28-35-67)58(84)72-46(31-24-27-34-66)57(83)71-45(55(69)81)30-23-26-33-65/h38-47,49-54H,14-37,65-68H2,1-13H3,(H2,69,81)(H,70,80)(H,71,83)(H,72,84)(H,73,85)(H,74,82)(H,75,87)(H,76,86)(H,77,89)(H,78,88)(H,79,90)/t44-,45-,46-,47-,49-,50-,51-,52-,53-,54-/m0/s1. The molecule has 0 fully saturated rings. The summed E-state index contributed by atoms with van der Waals surface area (Å²) in [5, 5.41) is 27.4. The Morgan fingerprint density at radius 2 is 0.567 bits per heavy atom. The molecule has 0 saturated carbocycles. The number of amides is 11. The van der Waals surface area contributed by atoms with Gasteiger partial charge in [0.15, 0.2) is 0 Å². The molecule has 26 nitrogen and oxygen atoms in total. The second kappa shape index (κ2) is 47.0. The number of carbonyl (C=O) groups is 11. The Morgan fingerprint density at radius 3 is 0.856 bits per heavy atom. The van der Waals surface area contributed by atoms with Gasteiger partial charge in [0.2, 0.25) is 65.0 Å². The van der Waals surface area contributed by atoms with Crippen molar-refractivity contribution in [2.45, 2.75) is 279 Å². The first-order valence-corrected chi connectivity index (χ1v) is 33.6. The summed E-state index contributed by atoms with van der Waals surface area (Å²) in [4.78, 5) is 151. The molecule has 0 aromatic heterocycles. The zero-order chi connectivity index (χ0) is 68.6. The monoisotopic (exact) mass is 1280 g/mol. The van der Waals surface area contributed by atoms with E-state index in [1.165, 1.54) is 38.5 Å². The van der Waals surface area contributed by atoms with Gasteiger partial charge in [0, 0.05) is 6.54 Å². The fourth-order valence-electron chi connectivity index (χ4n) is 10.00. The zero-order valence-corrected chi connectivity index (χ0v) is 57.1. The van der Waals surface area contributed by atoms with Crippen molar-refractivity contribution in [2.24, 2.45) is 64.2 Å². The Balaban J connectivity index is 6.21. The molecule has 0 aromatic carbocycles. The molecule has 0 aliphatic rings. The van der Waals surface area contributed by atoms with Crippen molar-refractivity contribution in [1.82, 2.24) is 53.2 Å².